The van der Waals surface area contributed by atoms with E-state index in [1.807, 2.05) is 37.3 Å². The van der Waals surface area contributed by atoms with Crippen molar-refractivity contribution in [3.63, 3.8) is 0 Å². The number of carbonyl (C=O) groups excluding carboxylic acids is 1. The van der Waals surface area contributed by atoms with Crippen molar-refractivity contribution in [1.82, 2.24) is 4.98 Å². The number of hydrogen-bond donors (Lipinski definition) is 1. The third kappa shape index (κ3) is 2.53. The van der Waals surface area contributed by atoms with Crippen molar-refractivity contribution in [3.05, 3.63) is 57.5 Å². The first-order valence-electron chi connectivity index (χ1n) is 6.06. The number of aryl methyl sites for hydroxylation is 1. The quantitative estimate of drug-likeness (QED) is 0.686. The zero-order valence-corrected chi connectivity index (χ0v) is 12.8. The number of aromatic nitrogens is 1. The van der Waals surface area contributed by atoms with Crippen molar-refractivity contribution in [2.75, 3.05) is 5.32 Å². The number of carbonyl (C=O) groups is 1. The molecule has 0 aliphatic carbocycles. The minimum Gasteiger partial charge on any atom is -0.451 e. The molecule has 2 aromatic heterocycles. The van der Waals surface area contributed by atoms with Crippen LogP contribution >= 0.6 is 22.6 Å². The van der Waals surface area contributed by atoms with Crippen molar-refractivity contribution >= 4 is 45.3 Å². The van der Waals surface area contributed by atoms with Crippen molar-refractivity contribution in [2.45, 2.75) is 6.92 Å². The highest BCUT2D eigenvalue weighted by atomic mass is 127. The summed E-state index contributed by atoms with van der Waals surface area (Å²) in [6.07, 6.45) is 0. The Bertz CT molecular complexity index is 762. The number of halogens is 1. The van der Waals surface area contributed by atoms with Gasteiger partial charge in [-0.05, 0) is 53.8 Å². The maximum Gasteiger partial charge on any atom is 0.292 e. The van der Waals surface area contributed by atoms with Crippen LogP contribution in [0.2, 0.25) is 0 Å². The van der Waals surface area contributed by atoms with Gasteiger partial charge < -0.3 is 9.73 Å². The van der Waals surface area contributed by atoms with E-state index in [1.165, 1.54) is 0 Å². The van der Waals surface area contributed by atoms with E-state index in [-0.39, 0.29) is 11.7 Å². The molecule has 0 bridgehead atoms. The Balaban J connectivity index is 1.86. The lowest BCUT2D eigenvalue weighted by Gasteiger charge is -2.04. The summed E-state index contributed by atoms with van der Waals surface area (Å²) in [6, 6.07) is 12.9. The number of benzene rings is 1. The van der Waals surface area contributed by atoms with E-state index in [1.54, 1.807) is 12.1 Å². The first-order chi connectivity index (χ1) is 9.63. The van der Waals surface area contributed by atoms with Crippen LogP contribution in [0.3, 0.4) is 0 Å². The Morgan fingerprint density at radius 2 is 2.05 bits per heavy atom. The summed E-state index contributed by atoms with van der Waals surface area (Å²) >= 11 is 2.20. The Morgan fingerprint density at radius 1 is 1.25 bits per heavy atom. The largest absolute Gasteiger partial charge is 0.451 e. The fraction of sp³-hybridized carbons (Fsp3) is 0.0667. The maximum absolute atomic E-state index is 12.1. The fourth-order valence-electron chi connectivity index (χ4n) is 1.89. The molecule has 4 nitrogen and oxygen atoms in total. The predicted octanol–water partition coefficient (Wildman–Crippen LogP) is 3.99. The minimum absolute atomic E-state index is 0.282. The number of fused-ring (bicyclic) bond motifs is 1. The van der Waals surface area contributed by atoms with Gasteiger partial charge in [-0.2, -0.15) is 0 Å². The molecule has 100 valence electrons. The van der Waals surface area contributed by atoms with Crippen molar-refractivity contribution in [3.8, 4) is 0 Å². The molecule has 0 saturated carbocycles. The van der Waals surface area contributed by atoms with E-state index < -0.39 is 0 Å². The Hall–Kier alpha value is -1.89. The topological polar surface area (TPSA) is 55.1 Å². The number of amides is 1. The van der Waals surface area contributed by atoms with Crippen LogP contribution in [0.5, 0.6) is 0 Å². The van der Waals surface area contributed by atoms with Gasteiger partial charge in [0.05, 0.1) is 5.69 Å². The molecular formula is C15H11IN2O2. The van der Waals surface area contributed by atoms with Crippen LogP contribution in [0.15, 0.2) is 46.9 Å². The van der Waals surface area contributed by atoms with Gasteiger partial charge in [0.2, 0.25) is 0 Å². The van der Waals surface area contributed by atoms with Crippen LogP contribution in [0, 0.1) is 10.5 Å². The maximum atomic E-state index is 12.1. The van der Waals surface area contributed by atoms with Gasteiger partial charge in [-0.3, -0.25) is 4.79 Å². The summed E-state index contributed by atoms with van der Waals surface area (Å²) in [7, 11) is 0. The summed E-state index contributed by atoms with van der Waals surface area (Å²) < 4.78 is 6.57. The van der Waals surface area contributed by atoms with E-state index in [9.17, 15) is 4.79 Å². The number of nitrogens with zero attached hydrogens (tertiary/aromatic N) is 1. The van der Waals surface area contributed by atoms with Gasteiger partial charge in [-0.15, -0.1) is 0 Å². The Labute approximate surface area is 129 Å². The molecule has 0 saturated heterocycles. The van der Waals surface area contributed by atoms with E-state index >= 15 is 0 Å². The average Bonchev–Trinajstić information content (AvgIpc) is 2.87. The van der Waals surface area contributed by atoms with Gasteiger partial charge in [0, 0.05) is 8.96 Å². The van der Waals surface area contributed by atoms with Gasteiger partial charge in [0.25, 0.3) is 5.91 Å². The summed E-state index contributed by atoms with van der Waals surface area (Å²) in [6.45, 7) is 1.90. The summed E-state index contributed by atoms with van der Waals surface area (Å²) in [4.78, 5) is 16.4. The van der Waals surface area contributed by atoms with Crippen LogP contribution < -0.4 is 5.32 Å². The van der Waals surface area contributed by atoms with Crippen molar-refractivity contribution in [2.24, 2.45) is 0 Å². The second-order valence-electron chi connectivity index (χ2n) is 4.37. The molecule has 3 aromatic rings. The predicted molar refractivity (Wildman–Crippen MR) is 85.9 cm³/mol. The highest BCUT2D eigenvalue weighted by molar-refractivity contribution is 14.1. The molecule has 0 aliphatic heterocycles. The first kappa shape index (κ1) is 13.1. The van der Waals surface area contributed by atoms with Gasteiger partial charge in [-0.1, -0.05) is 18.2 Å². The molecule has 0 unspecified atom stereocenters. The number of rotatable bonds is 2. The van der Waals surface area contributed by atoms with E-state index in [2.05, 4.69) is 32.9 Å². The standard InChI is InChI=1S/C15H11IN2O2/c1-9-11(16)6-7-14(17-9)18-15(19)13-8-10-4-2-3-5-12(10)20-13/h2-8H,1H3,(H,17,18,19). The molecule has 0 radical (unpaired) electrons. The zero-order chi connectivity index (χ0) is 14.1. The van der Waals surface area contributed by atoms with E-state index in [4.69, 9.17) is 4.42 Å². The second kappa shape index (κ2) is 5.24. The fourth-order valence-corrected chi connectivity index (χ4v) is 2.19. The lowest BCUT2D eigenvalue weighted by atomic mass is 10.2. The first-order valence-corrected chi connectivity index (χ1v) is 7.14. The molecule has 1 amide bonds. The SMILES string of the molecule is Cc1nc(NC(=O)c2cc3ccccc3o2)ccc1I. The molecule has 5 heteroatoms. The molecule has 0 aliphatic rings. The molecule has 0 fully saturated rings. The van der Waals surface area contributed by atoms with Crippen LogP contribution in [-0.2, 0) is 0 Å². The van der Waals surface area contributed by atoms with Crippen LogP contribution in [0.4, 0.5) is 5.82 Å². The van der Waals surface area contributed by atoms with Crippen LogP contribution in [0.1, 0.15) is 16.2 Å². The zero-order valence-electron chi connectivity index (χ0n) is 10.7. The van der Waals surface area contributed by atoms with E-state index in [0.717, 1.165) is 14.7 Å². The van der Waals surface area contributed by atoms with Gasteiger partial charge in [0.1, 0.15) is 11.4 Å². The molecule has 1 aromatic carbocycles. The minimum atomic E-state index is -0.297. The highest BCUT2D eigenvalue weighted by Gasteiger charge is 2.13. The van der Waals surface area contributed by atoms with Gasteiger partial charge >= 0.3 is 0 Å². The van der Waals surface area contributed by atoms with Gasteiger partial charge in [-0.25, -0.2) is 4.98 Å². The highest BCUT2D eigenvalue weighted by Crippen LogP contribution is 2.20. The number of nitrogens with one attached hydrogen (secondary N) is 1. The normalized spacial score (nSPS) is 10.7. The van der Waals surface area contributed by atoms with Crippen LogP contribution in [0.25, 0.3) is 11.0 Å². The molecule has 0 atom stereocenters. The number of para-hydroxylation sites is 1. The third-order valence-electron chi connectivity index (χ3n) is 2.91. The molecule has 2 heterocycles. The summed E-state index contributed by atoms with van der Waals surface area (Å²) in [5.74, 6) is 0.506. The second-order valence-corrected chi connectivity index (χ2v) is 5.53. The molecule has 20 heavy (non-hydrogen) atoms. The van der Waals surface area contributed by atoms with Crippen molar-refractivity contribution < 1.29 is 9.21 Å². The van der Waals surface area contributed by atoms with E-state index in [0.29, 0.717) is 11.4 Å². The number of anilines is 1. The lowest BCUT2D eigenvalue weighted by Crippen LogP contribution is -2.12. The molecule has 3 rings (SSSR count). The molecular weight excluding hydrogens is 367 g/mol. The lowest BCUT2D eigenvalue weighted by molar-refractivity contribution is 0.0998. The third-order valence-corrected chi connectivity index (χ3v) is 4.05. The summed E-state index contributed by atoms with van der Waals surface area (Å²) in [5, 5.41) is 3.65. The van der Waals surface area contributed by atoms with Gasteiger partial charge in [0.15, 0.2) is 5.76 Å². The number of furan rings is 1. The Kier molecular flexibility index (Phi) is 3.43. The summed E-state index contributed by atoms with van der Waals surface area (Å²) in [5.41, 5.74) is 1.58. The monoisotopic (exact) mass is 378 g/mol. The molecule has 1 N–H and O–H groups in total. The Morgan fingerprint density at radius 3 is 2.80 bits per heavy atom. The number of pyridine rings is 1. The number of hydrogen-bond acceptors (Lipinski definition) is 3. The average molecular weight is 378 g/mol. The van der Waals surface area contributed by atoms with Crippen LogP contribution in [-0.4, -0.2) is 10.9 Å². The van der Waals surface area contributed by atoms with Crippen molar-refractivity contribution in [1.29, 1.82) is 0 Å². The smallest absolute Gasteiger partial charge is 0.292 e. The molecule has 0 spiro atoms.